The van der Waals surface area contributed by atoms with Crippen molar-refractivity contribution in [2.24, 2.45) is 5.73 Å². The third-order valence-corrected chi connectivity index (χ3v) is 2.18. The molecule has 2 aromatic heterocycles. The number of primary amides is 1. The van der Waals surface area contributed by atoms with Crippen LogP contribution in [0, 0.1) is 0 Å². The van der Waals surface area contributed by atoms with E-state index in [1.165, 1.54) is 18.7 Å². The number of carbonyl (C=O) groups is 1. The van der Waals surface area contributed by atoms with Gasteiger partial charge >= 0.3 is 0 Å². The van der Waals surface area contributed by atoms with Gasteiger partial charge in [0.1, 0.15) is 17.4 Å². The van der Waals surface area contributed by atoms with Crippen LogP contribution in [0.5, 0.6) is 0 Å². The molecule has 0 spiro atoms. The number of aromatic nitrogens is 5. The Morgan fingerprint density at radius 3 is 2.47 bits per heavy atom. The Kier molecular flexibility index (Phi) is 3.62. The standard InChI is InChI=1S/C6H5N3O.C5H5N3O/c10-9-6-4-2-1-3-5(6)7-8-9;6-5(9)4-1-7-3-8-2-4/h1-4,10H;1-3H,(H2,6,9). The number of nitrogens with two attached hydrogens (primary N) is 1. The van der Waals surface area contributed by atoms with Gasteiger partial charge in [-0.05, 0) is 17.3 Å². The molecular formula is C11H10N6O2. The Bertz CT molecular complexity index is 682. The van der Waals surface area contributed by atoms with Gasteiger partial charge in [-0.1, -0.05) is 17.0 Å². The first-order valence-electron chi connectivity index (χ1n) is 5.23. The van der Waals surface area contributed by atoms with Crippen LogP contribution in [0.25, 0.3) is 11.0 Å². The summed E-state index contributed by atoms with van der Waals surface area (Å²) in [5, 5.41) is 16.1. The summed E-state index contributed by atoms with van der Waals surface area (Å²) in [4.78, 5) is 18.3. The predicted molar refractivity (Wildman–Crippen MR) is 65.3 cm³/mol. The van der Waals surface area contributed by atoms with Gasteiger partial charge in [-0.15, -0.1) is 5.10 Å². The molecule has 3 rings (SSSR count). The van der Waals surface area contributed by atoms with Gasteiger partial charge in [0.05, 0.1) is 5.56 Å². The molecule has 0 unspecified atom stereocenters. The first-order chi connectivity index (χ1) is 9.18. The van der Waals surface area contributed by atoms with E-state index in [4.69, 9.17) is 10.9 Å². The Morgan fingerprint density at radius 2 is 1.89 bits per heavy atom. The summed E-state index contributed by atoms with van der Waals surface area (Å²) in [5.74, 6) is -0.504. The van der Waals surface area contributed by atoms with E-state index in [-0.39, 0.29) is 0 Å². The second kappa shape index (κ2) is 5.54. The minimum absolute atomic E-state index is 0.331. The van der Waals surface area contributed by atoms with E-state index in [1.807, 2.05) is 12.1 Å². The highest BCUT2D eigenvalue weighted by atomic mass is 16.5. The van der Waals surface area contributed by atoms with E-state index in [1.54, 1.807) is 12.1 Å². The van der Waals surface area contributed by atoms with Gasteiger partial charge in [0.15, 0.2) is 0 Å². The van der Waals surface area contributed by atoms with E-state index in [9.17, 15) is 4.79 Å². The smallest absolute Gasteiger partial charge is 0.251 e. The molecule has 3 N–H and O–H groups in total. The molecule has 0 bridgehead atoms. The van der Waals surface area contributed by atoms with Gasteiger partial charge in [-0.25, -0.2) is 9.97 Å². The molecule has 0 fully saturated rings. The SMILES string of the molecule is NC(=O)c1cncnc1.On1nnc2ccccc21. The van der Waals surface area contributed by atoms with Crippen LogP contribution < -0.4 is 5.73 Å². The second-order valence-corrected chi connectivity index (χ2v) is 3.46. The molecule has 2 heterocycles. The Morgan fingerprint density at radius 1 is 1.21 bits per heavy atom. The minimum atomic E-state index is -0.504. The van der Waals surface area contributed by atoms with Crippen molar-refractivity contribution >= 4 is 16.9 Å². The predicted octanol–water partition coefficient (Wildman–Crippen LogP) is 0.244. The fraction of sp³-hybridized carbons (Fsp3) is 0. The topological polar surface area (TPSA) is 120 Å². The lowest BCUT2D eigenvalue weighted by Gasteiger charge is -1.88. The Hall–Kier alpha value is -3.03. The zero-order chi connectivity index (χ0) is 13.7. The molecule has 1 amide bonds. The summed E-state index contributed by atoms with van der Waals surface area (Å²) >= 11 is 0. The molecule has 8 heteroatoms. The molecule has 3 aromatic rings. The van der Waals surface area contributed by atoms with Gasteiger partial charge in [-0.2, -0.15) is 0 Å². The van der Waals surface area contributed by atoms with Crippen LogP contribution in [0.3, 0.4) is 0 Å². The number of nitrogens with zero attached hydrogens (tertiary/aromatic N) is 5. The molecule has 0 aliphatic heterocycles. The third-order valence-electron chi connectivity index (χ3n) is 2.18. The summed E-state index contributed by atoms with van der Waals surface area (Å²) in [5.41, 5.74) is 6.55. The number of amides is 1. The molecule has 0 radical (unpaired) electrons. The fourth-order valence-corrected chi connectivity index (χ4v) is 1.28. The summed E-state index contributed by atoms with van der Waals surface area (Å²) in [6, 6.07) is 7.19. The van der Waals surface area contributed by atoms with Crippen LogP contribution in [0.2, 0.25) is 0 Å². The summed E-state index contributed by atoms with van der Waals surface area (Å²) in [6.45, 7) is 0. The van der Waals surface area contributed by atoms with Crippen LogP contribution >= 0.6 is 0 Å². The summed E-state index contributed by atoms with van der Waals surface area (Å²) in [6.07, 6.45) is 4.08. The average molecular weight is 258 g/mol. The maximum Gasteiger partial charge on any atom is 0.251 e. The zero-order valence-corrected chi connectivity index (χ0v) is 9.71. The van der Waals surface area contributed by atoms with Crippen molar-refractivity contribution in [2.75, 3.05) is 0 Å². The number of carbonyl (C=O) groups excluding carboxylic acids is 1. The molecule has 1 aromatic carbocycles. The van der Waals surface area contributed by atoms with Crippen LogP contribution in [0.1, 0.15) is 10.4 Å². The maximum absolute atomic E-state index is 10.3. The van der Waals surface area contributed by atoms with Gasteiger partial charge in [-0.3, -0.25) is 4.79 Å². The highest BCUT2D eigenvalue weighted by Crippen LogP contribution is 2.06. The molecule has 0 aliphatic carbocycles. The van der Waals surface area contributed by atoms with E-state index < -0.39 is 5.91 Å². The van der Waals surface area contributed by atoms with Gasteiger partial charge in [0.25, 0.3) is 5.91 Å². The molecule has 19 heavy (non-hydrogen) atoms. The van der Waals surface area contributed by atoms with Crippen LogP contribution in [-0.4, -0.2) is 36.2 Å². The van der Waals surface area contributed by atoms with Crippen LogP contribution in [0.15, 0.2) is 43.0 Å². The first kappa shape index (κ1) is 12.4. The molecule has 0 atom stereocenters. The van der Waals surface area contributed by atoms with Crippen molar-refractivity contribution in [3.8, 4) is 0 Å². The fourth-order valence-electron chi connectivity index (χ4n) is 1.28. The highest BCUT2D eigenvalue weighted by Gasteiger charge is 1.98. The number of fused-ring (bicyclic) bond motifs is 1. The number of hydrogen-bond donors (Lipinski definition) is 2. The van der Waals surface area contributed by atoms with Gasteiger partial charge in [0.2, 0.25) is 0 Å². The molecule has 96 valence electrons. The van der Waals surface area contributed by atoms with Gasteiger partial charge in [0, 0.05) is 12.4 Å². The number of rotatable bonds is 1. The third kappa shape index (κ3) is 3.00. The number of para-hydroxylation sites is 1. The second-order valence-electron chi connectivity index (χ2n) is 3.46. The van der Waals surface area contributed by atoms with Gasteiger partial charge < -0.3 is 10.9 Å². The normalized spacial score (nSPS) is 9.68. The van der Waals surface area contributed by atoms with Crippen molar-refractivity contribution in [3.63, 3.8) is 0 Å². The molecule has 0 saturated heterocycles. The minimum Gasteiger partial charge on any atom is -0.410 e. The largest absolute Gasteiger partial charge is 0.410 e. The maximum atomic E-state index is 10.3. The Balaban J connectivity index is 0.000000141. The molecule has 0 aliphatic rings. The van der Waals surface area contributed by atoms with Crippen molar-refractivity contribution in [1.29, 1.82) is 0 Å². The monoisotopic (exact) mass is 258 g/mol. The summed E-state index contributed by atoms with van der Waals surface area (Å²) < 4.78 is 0. The van der Waals surface area contributed by atoms with E-state index in [0.717, 1.165) is 4.85 Å². The van der Waals surface area contributed by atoms with Crippen LogP contribution in [-0.2, 0) is 0 Å². The van der Waals surface area contributed by atoms with E-state index in [2.05, 4.69) is 20.3 Å². The lowest BCUT2D eigenvalue weighted by atomic mass is 10.3. The average Bonchev–Trinajstić information content (AvgIpc) is 2.83. The lowest BCUT2D eigenvalue weighted by molar-refractivity contribution is 0.0999. The quantitative estimate of drug-likeness (QED) is 0.603. The van der Waals surface area contributed by atoms with E-state index >= 15 is 0 Å². The zero-order valence-electron chi connectivity index (χ0n) is 9.71. The molecule has 0 saturated carbocycles. The van der Waals surface area contributed by atoms with Crippen molar-refractivity contribution in [1.82, 2.24) is 25.1 Å². The first-order valence-corrected chi connectivity index (χ1v) is 5.23. The summed E-state index contributed by atoms with van der Waals surface area (Å²) in [7, 11) is 0. The van der Waals surface area contributed by atoms with E-state index in [0.29, 0.717) is 16.6 Å². The number of hydrogen-bond acceptors (Lipinski definition) is 6. The van der Waals surface area contributed by atoms with Crippen molar-refractivity contribution < 1.29 is 10.0 Å². The number of benzene rings is 1. The lowest BCUT2D eigenvalue weighted by Crippen LogP contribution is -2.11. The molecular weight excluding hydrogens is 248 g/mol. The Labute approximate surface area is 107 Å². The van der Waals surface area contributed by atoms with Crippen molar-refractivity contribution in [3.05, 3.63) is 48.5 Å². The molecule has 8 nitrogen and oxygen atoms in total. The highest BCUT2D eigenvalue weighted by molar-refractivity contribution is 5.91. The van der Waals surface area contributed by atoms with Crippen LogP contribution in [0.4, 0.5) is 0 Å². The van der Waals surface area contributed by atoms with Crippen molar-refractivity contribution in [2.45, 2.75) is 0 Å².